The van der Waals surface area contributed by atoms with E-state index in [1.165, 1.54) is 136 Å². The molecule has 0 radical (unpaired) electrons. The largest absolute Gasteiger partial charge is 0.140 e. The van der Waals surface area contributed by atoms with Crippen molar-refractivity contribution in [2.45, 2.75) is 11.8 Å². The summed E-state index contributed by atoms with van der Waals surface area (Å²) in [5.74, 6) is 0.475. The molecule has 64 heavy (non-hydrogen) atoms. The van der Waals surface area contributed by atoms with Gasteiger partial charge in [0.25, 0.3) is 0 Å². The molecule has 15 rings (SSSR count). The summed E-state index contributed by atoms with van der Waals surface area (Å²) >= 11 is 1.97. The van der Waals surface area contributed by atoms with Crippen LogP contribution in [-0.4, -0.2) is 0 Å². The highest BCUT2D eigenvalue weighted by molar-refractivity contribution is 7.19. The second-order valence-electron chi connectivity index (χ2n) is 18.2. The van der Waals surface area contributed by atoms with Gasteiger partial charge < -0.3 is 0 Å². The van der Waals surface area contributed by atoms with Gasteiger partial charge in [0.2, 0.25) is 0 Å². The Morgan fingerprint density at radius 2 is 1.02 bits per heavy atom. The van der Waals surface area contributed by atoms with E-state index < -0.39 is 5.41 Å². The van der Waals surface area contributed by atoms with Crippen molar-refractivity contribution in [1.29, 1.82) is 0 Å². The van der Waals surface area contributed by atoms with E-state index in [4.69, 9.17) is 0 Å². The zero-order valence-electron chi connectivity index (χ0n) is 34.9. The van der Waals surface area contributed by atoms with E-state index >= 15 is 0 Å². The van der Waals surface area contributed by atoms with Gasteiger partial charge in [0.15, 0.2) is 0 Å². The van der Waals surface area contributed by atoms with E-state index in [1.807, 2.05) is 11.3 Å². The molecular formula is C63H38S. The lowest BCUT2D eigenvalue weighted by Gasteiger charge is -2.31. The second kappa shape index (κ2) is 12.8. The number of benzene rings is 10. The Hall–Kier alpha value is -7.58. The Labute approximate surface area is 375 Å². The van der Waals surface area contributed by atoms with Crippen LogP contribution in [0.2, 0.25) is 0 Å². The fourth-order valence-electron chi connectivity index (χ4n) is 12.6. The van der Waals surface area contributed by atoms with Crippen LogP contribution >= 0.6 is 11.3 Å². The van der Waals surface area contributed by atoms with Crippen molar-refractivity contribution in [1.82, 2.24) is 0 Å². The molecule has 0 amide bonds. The molecule has 0 aliphatic heterocycles. The van der Waals surface area contributed by atoms with Crippen LogP contribution < -0.4 is 0 Å². The number of hydrogen-bond donors (Lipinski definition) is 0. The molecule has 0 N–H and O–H groups in total. The molecule has 1 aromatic heterocycles. The first kappa shape index (κ1) is 34.9. The molecule has 0 bridgehead atoms. The fraction of sp³-hybridized carbons (Fsp3) is 0.0476. The van der Waals surface area contributed by atoms with Crippen LogP contribution in [0.25, 0.3) is 104 Å². The van der Waals surface area contributed by atoms with Crippen molar-refractivity contribution < 1.29 is 0 Å². The van der Waals surface area contributed by atoms with Crippen LogP contribution in [0.5, 0.6) is 0 Å². The van der Waals surface area contributed by atoms with Crippen LogP contribution in [-0.2, 0) is 11.8 Å². The van der Waals surface area contributed by atoms with Crippen LogP contribution in [0.3, 0.4) is 0 Å². The normalized spacial score (nSPS) is 16.0. The van der Waals surface area contributed by atoms with Gasteiger partial charge in [-0.25, -0.2) is 0 Å². The highest BCUT2D eigenvalue weighted by atomic mass is 32.1. The molecule has 4 aliphatic rings. The van der Waals surface area contributed by atoms with Crippen LogP contribution in [0.15, 0.2) is 212 Å². The van der Waals surface area contributed by atoms with Gasteiger partial charge in [-0.15, -0.1) is 11.3 Å². The van der Waals surface area contributed by atoms with Crippen molar-refractivity contribution in [2.24, 2.45) is 5.92 Å². The highest BCUT2D eigenvalue weighted by Crippen LogP contribution is 2.65. The summed E-state index contributed by atoms with van der Waals surface area (Å²) in [5, 5.41) is 11.6. The highest BCUT2D eigenvalue weighted by Gasteiger charge is 2.52. The Kier molecular flexibility index (Phi) is 6.97. The molecule has 0 saturated carbocycles. The molecule has 1 heterocycles. The summed E-state index contributed by atoms with van der Waals surface area (Å²) in [6.45, 7) is 0. The molecule has 0 fully saturated rings. The average Bonchev–Trinajstić information content (AvgIpc) is 3.96. The minimum atomic E-state index is -0.486. The quantitative estimate of drug-likeness (QED) is 0.152. The number of fused-ring (bicyclic) bond motifs is 19. The molecule has 0 saturated heterocycles. The third-order valence-electron chi connectivity index (χ3n) is 15.1. The van der Waals surface area contributed by atoms with Crippen molar-refractivity contribution >= 4 is 70.6 Å². The summed E-state index contributed by atoms with van der Waals surface area (Å²) in [6.07, 6.45) is 12.6. The zero-order chi connectivity index (χ0) is 41.7. The molecule has 1 unspecified atom stereocenters. The molecule has 0 nitrogen and oxygen atoms in total. The van der Waals surface area contributed by atoms with E-state index in [9.17, 15) is 0 Å². The minimum absolute atomic E-state index is 0.475. The van der Waals surface area contributed by atoms with Crippen molar-refractivity contribution in [3.05, 3.63) is 245 Å². The van der Waals surface area contributed by atoms with Gasteiger partial charge in [-0.05, 0) is 164 Å². The molecule has 1 spiro atoms. The van der Waals surface area contributed by atoms with Gasteiger partial charge >= 0.3 is 0 Å². The maximum Gasteiger partial charge on any atom is 0.0726 e. The van der Waals surface area contributed by atoms with Crippen molar-refractivity contribution in [3.8, 4) is 44.5 Å². The summed E-state index contributed by atoms with van der Waals surface area (Å²) in [5.41, 5.74) is 18.3. The van der Waals surface area contributed by atoms with Gasteiger partial charge in [-0.3, -0.25) is 0 Å². The third-order valence-corrected chi connectivity index (χ3v) is 16.3. The Balaban J connectivity index is 1.05. The van der Waals surface area contributed by atoms with Gasteiger partial charge in [0, 0.05) is 20.9 Å². The van der Waals surface area contributed by atoms with Crippen LogP contribution in [0, 0.1) is 5.92 Å². The summed E-state index contributed by atoms with van der Waals surface area (Å²) < 4.78 is 1.37. The first-order valence-corrected chi connectivity index (χ1v) is 23.4. The average molecular weight is 827 g/mol. The van der Waals surface area contributed by atoms with Gasteiger partial charge in [-0.1, -0.05) is 176 Å². The monoisotopic (exact) mass is 826 g/mol. The maximum absolute atomic E-state index is 2.62. The zero-order valence-corrected chi connectivity index (χ0v) is 35.7. The van der Waals surface area contributed by atoms with Crippen molar-refractivity contribution in [3.63, 3.8) is 0 Å². The first-order valence-electron chi connectivity index (χ1n) is 22.6. The molecular weight excluding hydrogens is 789 g/mol. The number of rotatable bonds is 2. The molecule has 1 atom stereocenters. The smallest absolute Gasteiger partial charge is 0.0726 e. The van der Waals surface area contributed by atoms with Crippen LogP contribution in [0.1, 0.15) is 32.7 Å². The Bertz CT molecular complexity index is 3890. The molecule has 10 aromatic carbocycles. The van der Waals surface area contributed by atoms with Crippen molar-refractivity contribution in [2.75, 3.05) is 0 Å². The molecule has 1 heteroatoms. The van der Waals surface area contributed by atoms with Crippen LogP contribution in [0.4, 0.5) is 0 Å². The second-order valence-corrected chi connectivity index (χ2v) is 19.3. The summed E-state index contributed by atoms with van der Waals surface area (Å²) in [4.78, 5) is 1.50. The number of hydrogen-bond acceptors (Lipinski definition) is 1. The number of allylic oxidation sites excluding steroid dienone is 5. The standard InChI is InChI=1S/C63H38S/c1-3-17-39-34-56-53(32-38(39)16-1)62-45-22-6-5-19-42(45)52(36-57(62)63(56)54-27-13-11-20-43(54)44-21-12-14-28-55(44)63)61-48-25-9-7-23-46(48)60(47-24-8-10-26-49(47)61)41-29-30-58-50(33-41)51-31-37-15-2-4-18-40(37)35-59(51)64-58/h1-34,36,40H,35H2. The van der Waals surface area contributed by atoms with E-state index in [-0.39, 0.29) is 0 Å². The van der Waals surface area contributed by atoms with E-state index in [0.29, 0.717) is 5.92 Å². The third kappa shape index (κ3) is 4.47. The maximum atomic E-state index is 2.62. The van der Waals surface area contributed by atoms with E-state index in [0.717, 1.165) is 6.42 Å². The lowest BCUT2D eigenvalue weighted by molar-refractivity contribution is 0.771. The Morgan fingerprint density at radius 3 is 1.72 bits per heavy atom. The topological polar surface area (TPSA) is 0 Å². The lowest BCUT2D eigenvalue weighted by atomic mass is 9.69. The van der Waals surface area contributed by atoms with E-state index in [2.05, 4.69) is 212 Å². The predicted molar refractivity (Wildman–Crippen MR) is 272 cm³/mol. The Morgan fingerprint density at radius 1 is 0.422 bits per heavy atom. The van der Waals surface area contributed by atoms with Gasteiger partial charge in [0.05, 0.1) is 5.41 Å². The number of thiophene rings is 1. The molecule has 11 aromatic rings. The first-order chi connectivity index (χ1) is 31.7. The fourth-order valence-corrected chi connectivity index (χ4v) is 13.8. The SMILES string of the molecule is C1=CC2=Cc3c(sc4ccc(-c5c6ccccc6c(-c6cc7c(c8ccccc68)-c6cc8ccccc8cc6C76c7ccccc7-c7ccccc76)c6ccccc56)cc34)CC2C=C1. The van der Waals surface area contributed by atoms with Gasteiger partial charge in [0.1, 0.15) is 0 Å². The van der Waals surface area contributed by atoms with Gasteiger partial charge in [-0.2, -0.15) is 0 Å². The molecule has 296 valence electrons. The summed E-state index contributed by atoms with van der Waals surface area (Å²) in [7, 11) is 0. The summed E-state index contributed by atoms with van der Waals surface area (Å²) in [6, 6.07) is 69.8. The minimum Gasteiger partial charge on any atom is -0.140 e. The van der Waals surface area contributed by atoms with E-state index in [1.54, 1.807) is 0 Å². The predicted octanol–water partition coefficient (Wildman–Crippen LogP) is 16.9. The molecule has 4 aliphatic carbocycles. The lowest BCUT2D eigenvalue weighted by Crippen LogP contribution is -2.26.